The summed E-state index contributed by atoms with van der Waals surface area (Å²) in [4.78, 5) is 10.1. The Morgan fingerprint density at radius 2 is 1.90 bits per heavy atom. The van der Waals surface area contributed by atoms with Crippen LogP contribution in [-0.2, 0) is 4.79 Å². The molecule has 0 heterocycles. The number of rotatable bonds is 2. The maximum Gasteiger partial charge on any atom is 0.327 e. The maximum absolute atomic E-state index is 10.1. The van der Waals surface area contributed by atoms with Gasteiger partial charge < -0.3 is 0 Å². The molecule has 1 amide bonds. The summed E-state index contributed by atoms with van der Waals surface area (Å²) in [7, 11) is 0. The fourth-order valence-corrected chi connectivity index (χ4v) is 1.43. The SMILES string of the molecule is NN([C]=O)C1CCCCC1. The average molecular weight is 141 g/mol. The number of hydrogen-bond donors (Lipinski definition) is 1. The van der Waals surface area contributed by atoms with Crippen molar-refractivity contribution < 1.29 is 4.79 Å². The van der Waals surface area contributed by atoms with Crippen LogP contribution in [0.15, 0.2) is 0 Å². The Balaban J connectivity index is 2.30. The lowest BCUT2D eigenvalue weighted by molar-refractivity contribution is 0.238. The largest absolute Gasteiger partial charge is 0.327 e. The van der Waals surface area contributed by atoms with Gasteiger partial charge in [-0.25, -0.2) is 5.84 Å². The third-order valence-electron chi connectivity index (χ3n) is 2.07. The lowest BCUT2D eigenvalue weighted by Gasteiger charge is -2.26. The minimum Gasteiger partial charge on any atom is -0.269 e. The lowest BCUT2D eigenvalue weighted by Crippen LogP contribution is -2.40. The Bertz CT molecular complexity index is 110. The molecular formula is C7H13N2O. The van der Waals surface area contributed by atoms with Gasteiger partial charge in [-0.05, 0) is 12.8 Å². The topological polar surface area (TPSA) is 46.3 Å². The molecule has 2 N–H and O–H groups in total. The summed E-state index contributed by atoms with van der Waals surface area (Å²) in [5, 5.41) is 1.18. The Hall–Kier alpha value is -0.570. The van der Waals surface area contributed by atoms with Gasteiger partial charge in [-0.1, -0.05) is 19.3 Å². The van der Waals surface area contributed by atoms with E-state index in [2.05, 4.69) is 0 Å². The second kappa shape index (κ2) is 3.56. The zero-order chi connectivity index (χ0) is 7.40. The molecule has 1 aliphatic rings. The molecule has 0 aliphatic heterocycles. The van der Waals surface area contributed by atoms with Crippen molar-refractivity contribution in [3.8, 4) is 0 Å². The zero-order valence-corrected chi connectivity index (χ0v) is 6.05. The minimum atomic E-state index is 0.256. The Morgan fingerprint density at radius 1 is 1.30 bits per heavy atom. The van der Waals surface area contributed by atoms with Crippen LogP contribution in [0.25, 0.3) is 0 Å². The van der Waals surface area contributed by atoms with Gasteiger partial charge in [0.25, 0.3) is 0 Å². The normalized spacial score (nSPS) is 20.5. The van der Waals surface area contributed by atoms with Crippen LogP contribution in [0.3, 0.4) is 0 Å². The first-order chi connectivity index (χ1) is 4.84. The molecule has 0 saturated heterocycles. The second-order valence-electron chi connectivity index (χ2n) is 2.79. The fourth-order valence-electron chi connectivity index (χ4n) is 1.43. The number of hydrogen-bond acceptors (Lipinski definition) is 2. The van der Waals surface area contributed by atoms with Crippen LogP contribution >= 0.6 is 0 Å². The molecule has 0 bridgehead atoms. The Kier molecular flexibility index (Phi) is 2.68. The molecule has 0 aromatic rings. The molecule has 1 radical (unpaired) electrons. The minimum absolute atomic E-state index is 0.256. The third-order valence-corrected chi connectivity index (χ3v) is 2.07. The van der Waals surface area contributed by atoms with Crippen molar-refractivity contribution in [2.75, 3.05) is 0 Å². The summed E-state index contributed by atoms with van der Waals surface area (Å²) in [5.74, 6) is 5.36. The molecule has 10 heavy (non-hydrogen) atoms. The highest BCUT2D eigenvalue weighted by atomic mass is 16.1. The smallest absolute Gasteiger partial charge is 0.269 e. The van der Waals surface area contributed by atoms with E-state index in [4.69, 9.17) is 5.84 Å². The number of nitrogens with two attached hydrogens (primary N) is 1. The molecule has 0 aromatic heterocycles. The molecule has 1 fully saturated rings. The number of carbonyl (C=O) groups excluding carboxylic acids is 1. The maximum atomic E-state index is 10.1. The average Bonchev–Trinajstić information content (AvgIpc) is 2.05. The van der Waals surface area contributed by atoms with Crippen molar-refractivity contribution in [3.05, 3.63) is 0 Å². The van der Waals surface area contributed by atoms with Crippen LogP contribution < -0.4 is 5.84 Å². The number of amides is 1. The number of hydrazine groups is 1. The number of nitrogens with zero attached hydrogens (tertiary/aromatic N) is 1. The van der Waals surface area contributed by atoms with E-state index in [1.807, 2.05) is 0 Å². The van der Waals surface area contributed by atoms with E-state index in [9.17, 15) is 4.79 Å². The fraction of sp³-hybridized carbons (Fsp3) is 0.857. The Labute approximate surface area is 61.2 Å². The second-order valence-corrected chi connectivity index (χ2v) is 2.79. The zero-order valence-electron chi connectivity index (χ0n) is 6.05. The highest BCUT2D eigenvalue weighted by Gasteiger charge is 2.17. The molecule has 0 spiro atoms. The molecule has 0 unspecified atom stereocenters. The highest BCUT2D eigenvalue weighted by molar-refractivity contribution is 5.47. The van der Waals surface area contributed by atoms with Crippen molar-refractivity contribution in [3.63, 3.8) is 0 Å². The lowest BCUT2D eigenvalue weighted by atomic mass is 9.95. The summed E-state index contributed by atoms with van der Waals surface area (Å²) in [6, 6.07) is 0.256. The highest BCUT2D eigenvalue weighted by Crippen LogP contribution is 2.19. The van der Waals surface area contributed by atoms with Crippen molar-refractivity contribution in [2.24, 2.45) is 5.84 Å². The van der Waals surface area contributed by atoms with Gasteiger partial charge in [-0.2, -0.15) is 0 Å². The molecule has 3 heteroatoms. The molecule has 0 atom stereocenters. The predicted molar refractivity (Wildman–Crippen MR) is 38.6 cm³/mol. The summed E-state index contributed by atoms with van der Waals surface area (Å²) < 4.78 is 0. The van der Waals surface area contributed by atoms with Crippen molar-refractivity contribution >= 4 is 6.41 Å². The van der Waals surface area contributed by atoms with Crippen LogP contribution in [0.2, 0.25) is 0 Å². The Morgan fingerprint density at radius 3 is 2.40 bits per heavy atom. The van der Waals surface area contributed by atoms with Crippen LogP contribution in [0.1, 0.15) is 32.1 Å². The van der Waals surface area contributed by atoms with E-state index in [0.29, 0.717) is 0 Å². The van der Waals surface area contributed by atoms with Gasteiger partial charge in [0.2, 0.25) is 0 Å². The first kappa shape index (κ1) is 7.54. The van der Waals surface area contributed by atoms with Crippen LogP contribution in [0.5, 0.6) is 0 Å². The van der Waals surface area contributed by atoms with Gasteiger partial charge in [0, 0.05) is 6.04 Å². The molecule has 1 saturated carbocycles. The van der Waals surface area contributed by atoms with E-state index in [1.165, 1.54) is 24.3 Å². The molecule has 3 nitrogen and oxygen atoms in total. The van der Waals surface area contributed by atoms with Crippen molar-refractivity contribution in [2.45, 2.75) is 38.1 Å². The van der Waals surface area contributed by atoms with Gasteiger partial charge >= 0.3 is 6.41 Å². The van der Waals surface area contributed by atoms with E-state index in [1.54, 1.807) is 6.41 Å². The van der Waals surface area contributed by atoms with Gasteiger partial charge in [0.05, 0.1) is 0 Å². The van der Waals surface area contributed by atoms with Crippen LogP contribution in [0.4, 0.5) is 0 Å². The van der Waals surface area contributed by atoms with Gasteiger partial charge in [0.15, 0.2) is 0 Å². The first-order valence-electron chi connectivity index (χ1n) is 3.76. The summed E-state index contributed by atoms with van der Waals surface area (Å²) in [5.41, 5.74) is 0. The van der Waals surface area contributed by atoms with Crippen LogP contribution in [-0.4, -0.2) is 17.5 Å². The monoisotopic (exact) mass is 141 g/mol. The van der Waals surface area contributed by atoms with Gasteiger partial charge in [-0.15, -0.1) is 0 Å². The first-order valence-corrected chi connectivity index (χ1v) is 3.76. The van der Waals surface area contributed by atoms with E-state index >= 15 is 0 Å². The quantitative estimate of drug-likeness (QED) is 0.264. The molecule has 1 aliphatic carbocycles. The third kappa shape index (κ3) is 1.70. The predicted octanol–water partition coefficient (Wildman–Crippen LogP) is 0.562. The van der Waals surface area contributed by atoms with Crippen molar-refractivity contribution in [1.82, 2.24) is 5.01 Å². The van der Waals surface area contributed by atoms with E-state index in [0.717, 1.165) is 12.8 Å². The molecular weight excluding hydrogens is 128 g/mol. The van der Waals surface area contributed by atoms with Crippen LogP contribution in [0, 0.1) is 0 Å². The molecule has 57 valence electrons. The molecule has 0 aromatic carbocycles. The summed E-state index contributed by atoms with van der Waals surface area (Å²) in [6.07, 6.45) is 7.46. The van der Waals surface area contributed by atoms with Crippen molar-refractivity contribution in [1.29, 1.82) is 0 Å². The van der Waals surface area contributed by atoms with Gasteiger partial charge in [-0.3, -0.25) is 9.80 Å². The summed E-state index contributed by atoms with van der Waals surface area (Å²) in [6.45, 7) is 0. The summed E-state index contributed by atoms with van der Waals surface area (Å²) >= 11 is 0. The standard InChI is InChI=1S/C7H13N2O/c8-9(6-10)7-4-2-1-3-5-7/h7H,1-5,8H2. The van der Waals surface area contributed by atoms with E-state index in [-0.39, 0.29) is 6.04 Å². The molecule has 1 rings (SSSR count). The van der Waals surface area contributed by atoms with Gasteiger partial charge in [0.1, 0.15) is 0 Å². The van der Waals surface area contributed by atoms with E-state index < -0.39 is 0 Å².